The molecule has 0 N–H and O–H groups in total. The van der Waals surface area contributed by atoms with Gasteiger partial charge >= 0.3 is 0 Å². The summed E-state index contributed by atoms with van der Waals surface area (Å²) in [6.45, 7) is 14.1. The van der Waals surface area contributed by atoms with Crippen LogP contribution < -0.4 is 0 Å². The van der Waals surface area contributed by atoms with Gasteiger partial charge in [0.2, 0.25) is 0 Å². The molecular formula is C27H34SiTi. The summed E-state index contributed by atoms with van der Waals surface area (Å²) in [6, 6.07) is 20.6. The van der Waals surface area contributed by atoms with E-state index in [1.807, 2.05) is 36.4 Å². The van der Waals surface area contributed by atoms with Gasteiger partial charge in [0, 0.05) is 30.5 Å². The van der Waals surface area contributed by atoms with E-state index in [1.165, 1.54) is 22.3 Å². The first-order valence-electron chi connectivity index (χ1n) is 10.2. The van der Waals surface area contributed by atoms with Crippen molar-refractivity contribution in [1.29, 1.82) is 0 Å². The number of benzene rings is 2. The summed E-state index contributed by atoms with van der Waals surface area (Å²) < 4.78 is 0. The van der Waals surface area contributed by atoms with Crippen LogP contribution in [0.25, 0.3) is 12.2 Å². The summed E-state index contributed by atoms with van der Waals surface area (Å²) in [4.78, 5) is 0. The monoisotopic (exact) mass is 434 g/mol. The molecular weight excluding hydrogens is 400 g/mol. The van der Waals surface area contributed by atoms with E-state index in [9.17, 15) is 0 Å². The van der Waals surface area contributed by atoms with Crippen LogP contribution in [-0.4, -0.2) is 8.80 Å². The second-order valence-corrected chi connectivity index (χ2v) is 11.6. The third-order valence-electron chi connectivity index (χ3n) is 5.97. The first-order chi connectivity index (χ1) is 13.3. The van der Waals surface area contributed by atoms with Crippen LogP contribution in [0.4, 0.5) is 0 Å². The van der Waals surface area contributed by atoms with Crippen molar-refractivity contribution < 1.29 is 21.7 Å². The molecule has 0 bridgehead atoms. The molecule has 1 aliphatic rings. The quantitative estimate of drug-likeness (QED) is 0.338. The summed E-state index contributed by atoms with van der Waals surface area (Å²) in [5.74, 6) is 0. The fraction of sp³-hybridized carbons (Fsp3) is 0.259. The summed E-state index contributed by atoms with van der Waals surface area (Å²) in [5.41, 5.74) is 7.08. The Labute approximate surface area is 194 Å². The van der Waals surface area contributed by atoms with E-state index in [0.29, 0.717) is 5.04 Å². The summed E-state index contributed by atoms with van der Waals surface area (Å²) in [6.07, 6.45) is 10.8. The van der Waals surface area contributed by atoms with Crippen LogP contribution in [0.5, 0.6) is 0 Å². The van der Waals surface area contributed by atoms with Gasteiger partial charge in [-0.3, -0.25) is 0 Å². The SMILES string of the molecule is C(C=Cc1ccccc1)=Cc1ccccc1.CC1=CC(C)([SiH](C)C)C(C)=C1C.[Ti]. The maximum atomic E-state index is 2.48. The minimum Gasteiger partial charge on any atom is -0.0745 e. The van der Waals surface area contributed by atoms with Crippen molar-refractivity contribution in [3.8, 4) is 0 Å². The zero-order chi connectivity index (χ0) is 20.6. The summed E-state index contributed by atoms with van der Waals surface area (Å²) >= 11 is 0. The molecule has 0 aromatic heterocycles. The van der Waals surface area contributed by atoms with E-state index in [-0.39, 0.29) is 21.7 Å². The molecule has 0 nitrogen and oxygen atoms in total. The molecule has 0 fully saturated rings. The molecule has 0 saturated carbocycles. The smallest absolute Gasteiger partial charge is 0.0467 e. The van der Waals surface area contributed by atoms with Crippen molar-refractivity contribution in [3.63, 3.8) is 0 Å². The van der Waals surface area contributed by atoms with Crippen LogP contribution in [0, 0.1) is 0 Å². The zero-order valence-electron chi connectivity index (χ0n) is 18.7. The number of hydrogen-bond acceptors (Lipinski definition) is 0. The fourth-order valence-corrected chi connectivity index (χ4v) is 5.09. The van der Waals surface area contributed by atoms with Gasteiger partial charge in [-0.1, -0.05) is 122 Å². The van der Waals surface area contributed by atoms with E-state index in [0.717, 1.165) is 0 Å². The van der Waals surface area contributed by atoms with Crippen molar-refractivity contribution in [2.24, 2.45) is 0 Å². The molecule has 2 aromatic rings. The fourth-order valence-electron chi connectivity index (χ4n) is 3.43. The van der Waals surface area contributed by atoms with Gasteiger partial charge in [-0.25, -0.2) is 0 Å². The molecule has 2 heteroatoms. The average molecular weight is 435 g/mol. The Morgan fingerprint density at radius 1 is 0.724 bits per heavy atom. The molecule has 1 aliphatic carbocycles. The van der Waals surface area contributed by atoms with Crippen LogP contribution in [0.2, 0.25) is 18.1 Å². The van der Waals surface area contributed by atoms with Gasteiger partial charge in [-0.2, -0.15) is 0 Å². The Bertz CT molecular complexity index is 826. The predicted molar refractivity (Wildman–Crippen MR) is 130 cm³/mol. The van der Waals surface area contributed by atoms with Crippen molar-refractivity contribution in [2.75, 3.05) is 0 Å². The minimum absolute atomic E-state index is 0. The first-order valence-corrected chi connectivity index (χ1v) is 13.1. The number of hydrogen-bond donors (Lipinski definition) is 0. The number of rotatable bonds is 4. The van der Waals surface area contributed by atoms with Crippen molar-refractivity contribution in [3.05, 3.63) is 107 Å². The Morgan fingerprint density at radius 3 is 1.41 bits per heavy atom. The van der Waals surface area contributed by atoms with E-state index < -0.39 is 8.80 Å². The third-order valence-corrected chi connectivity index (χ3v) is 8.96. The minimum atomic E-state index is -0.607. The largest absolute Gasteiger partial charge is 0.0745 e. The Kier molecular flexibility index (Phi) is 10.6. The van der Waals surface area contributed by atoms with E-state index in [1.54, 1.807) is 5.57 Å². The average Bonchev–Trinajstić information content (AvgIpc) is 2.91. The maximum Gasteiger partial charge on any atom is 0.0467 e. The molecule has 1 unspecified atom stereocenters. The van der Waals surface area contributed by atoms with Gasteiger partial charge in [0.1, 0.15) is 0 Å². The topological polar surface area (TPSA) is 0 Å². The molecule has 2 aromatic carbocycles. The van der Waals surface area contributed by atoms with E-state index in [2.05, 4.69) is 95.4 Å². The standard InChI is InChI=1S/C16H14.C11H20Si.Ti/c1-3-9-15(10-4-1)13-7-8-14-16-11-5-2-6-12-16;1-8-7-11(4,12(5)6)10(3)9(8)2;/h1-14H;7,12H,1-6H3;. The van der Waals surface area contributed by atoms with E-state index in [4.69, 9.17) is 0 Å². The molecule has 150 valence electrons. The van der Waals surface area contributed by atoms with Gasteiger partial charge in [0.15, 0.2) is 0 Å². The number of allylic oxidation sites excluding steroid dienone is 6. The molecule has 0 radical (unpaired) electrons. The van der Waals surface area contributed by atoms with Crippen molar-refractivity contribution in [1.82, 2.24) is 0 Å². The Morgan fingerprint density at radius 2 is 1.14 bits per heavy atom. The van der Waals surface area contributed by atoms with Gasteiger partial charge in [0.25, 0.3) is 0 Å². The second kappa shape index (κ2) is 12.1. The second-order valence-electron chi connectivity index (χ2n) is 8.05. The molecule has 29 heavy (non-hydrogen) atoms. The van der Waals surface area contributed by atoms with Crippen LogP contribution in [0.1, 0.15) is 38.8 Å². The van der Waals surface area contributed by atoms with Gasteiger partial charge in [-0.15, -0.1) is 0 Å². The van der Waals surface area contributed by atoms with Crippen LogP contribution in [-0.2, 0) is 21.7 Å². The van der Waals surface area contributed by atoms with Crippen LogP contribution in [0.3, 0.4) is 0 Å². The molecule has 0 amide bonds. The molecule has 0 heterocycles. The van der Waals surface area contributed by atoms with Crippen LogP contribution in [0.15, 0.2) is 95.6 Å². The summed E-state index contributed by atoms with van der Waals surface area (Å²) in [7, 11) is -0.607. The summed E-state index contributed by atoms with van der Waals surface area (Å²) in [5, 5.41) is 0.453. The van der Waals surface area contributed by atoms with E-state index >= 15 is 0 Å². The third kappa shape index (κ3) is 7.26. The first kappa shape index (κ1) is 25.4. The molecule has 0 aliphatic heterocycles. The maximum absolute atomic E-state index is 2.48. The molecule has 1 atom stereocenters. The Hall–Kier alpha value is -1.67. The normalized spacial score (nSPS) is 18.7. The van der Waals surface area contributed by atoms with Gasteiger partial charge < -0.3 is 0 Å². The zero-order valence-corrected chi connectivity index (χ0v) is 21.5. The van der Waals surface area contributed by atoms with Gasteiger partial charge in [-0.05, 0) is 42.5 Å². The Balaban J connectivity index is 0.000000292. The molecule has 0 saturated heterocycles. The molecule has 3 rings (SSSR count). The van der Waals surface area contributed by atoms with Crippen molar-refractivity contribution in [2.45, 2.75) is 45.8 Å². The molecule has 0 spiro atoms. The predicted octanol–water partition coefficient (Wildman–Crippen LogP) is 7.94. The van der Waals surface area contributed by atoms with Gasteiger partial charge in [0.05, 0.1) is 0 Å². The van der Waals surface area contributed by atoms with Crippen molar-refractivity contribution >= 4 is 20.9 Å². The van der Waals surface area contributed by atoms with Crippen LogP contribution >= 0.6 is 0 Å².